The van der Waals surface area contributed by atoms with E-state index in [2.05, 4.69) is 47.0 Å². The molecule has 0 aliphatic heterocycles. The summed E-state index contributed by atoms with van der Waals surface area (Å²) in [5.74, 6) is 3.67. The first-order valence-electron chi connectivity index (χ1n) is 7.99. The molecule has 0 aromatic heterocycles. The van der Waals surface area contributed by atoms with E-state index in [4.69, 9.17) is 0 Å². The predicted molar refractivity (Wildman–Crippen MR) is 81.8 cm³/mol. The maximum atomic E-state index is 3.41. The van der Waals surface area contributed by atoms with Gasteiger partial charge in [-0.2, -0.15) is 0 Å². The first-order chi connectivity index (χ1) is 8.34. The zero-order valence-corrected chi connectivity index (χ0v) is 13.6. The van der Waals surface area contributed by atoms with Crippen molar-refractivity contribution in [3.8, 4) is 0 Å². The molecular formula is C17H35N. The molecule has 0 heterocycles. The molecule has 0 saturated heterocycles. The number of hydrogen-bond acceptors (Lipinski definition) is 1. The van der Waals surface area contributed by atoms with Crippen LogP contribution in [0.3, 0.4) is 0 Å². The van der Waals surface area contributed by atoms with Crippen LogP contribution in [-0.4, -0.2) is 13.6 Å². The van der Waals surface area contributed by atoms with Gasteiger partial charge in [0.25, 0.3) is 0 Å². The average Bonchev–Trinajstić information content (AvgIpc) is 2.26. The molecule has 0 aromatic carbocycles. The second kappa shape index (κ2) is 6.93. The lowest BCUT2D eigenvalue weighted by Gasteiger charge is -2.42. The van der Waals surface area contributed by atoms with Gasteiger partial charge in [0.05, 0.1) is 0 Å². The number of hydrogen-bond donors (Lipinski definition) is 1. The van der Waals surface area contributed by atoms with Gasteiger partial charge in [0.2, 0.25) is 0 Å². The lowest BCUT2D eigenvalue weighted by Crippen LogP contribution is -2.36. The first-order valence-corrected chi connectivity index (χ1v) is 7.99. The van der Waals surface area contributed by atoms with E-state index in [9.17, 15) is 0 Å². The standard InChI is InChI=1S/C17H35N/c1-13(2)7-8-14-11-16(17(3,4)5)10-9-15(14)12-18-6/h13-16,18H,7-12H2,1-6H3. The fraction of sp³-hybridized carbons (Fsp3) is 1.00. The molecule has 0 bridgehead atoms. The van der Waals surface area contributed by atoms with Crippen LogP contribution in [0.15, 0.2) is 0 Å². The predicted octanol–water partition coefficient (Wildman–Crippen LogP) is 4.72. The fourth-order valence-corrected chi connectivity index (χ4v) is 3.55. The molecule has 0 amide bonds. The van der Waals surface area contributed by atoms with Gasteiger partial charge in [0.1, 0.15) is 0 Å². The summed E-state index contributed by atoms with van der Waals surface area (Å²) >= 11 is 0. The molecule has 0 spiro atoms. The van der Waals surface area contributed by atoms with Crippen molar-refractivity contribution in [3.63, 3.8) is 0 Å². The van der Waals surface area contributed by atoms with E-state index in [0.717, 1.165) is 23.7 Å². The van der Waals surface area contributed by atoms with Gasteiger partial charge in [0, 0.05) is 0 Å². The molecule has 1 nitrogen and oxygen atoms in total. The Hall–Kier alpha value is -0.0400. The van der Waals surface area contributed by atoms with Crippen LogP contribution in [0.5, 0.6) is 0 Å². The zero-order chi connectivity index (χ0) is 13.8. The van der Waals surface area contributed by atoms with Crippen LogP contribution >= 0.6 is 0 Å². The van der Waals surface area contributed by atoms with Crippen LogP contribution in [0.25, 0.3) is 0 Å². The quantitative estimate of drug-likeness (QED) is 0.747. The van der Waals surface area contributed by atoms with E-state index >= 15 is 0 Å². The Bertz CT molecular complexity index is 226. The summed E-state index contributed by atoms with van der Waals surface area (Å²) in [4.78, 5) is 0. The summed E-state index contributed by atoms with van der Waals surface area (Å²) in [7, 11) is 2.11. The van der Waals surface area contributed by atoms with E-state index in [1.54, 1.807) is 0 Å². The molecule has 1 N–H and O–H groups in total. The molecule has 0 aromatic rings. The highest BCUT2D eigenvalue weighted by molar-refractivity contribution is 4.86. The van der Waals surface area contributed by atoms with Crippen LogP contribution in [0.4, 0.5) is 0 Å². The lowest BCUT2D eigenvalue weighted by molar-refractivity contribution is 0.0904. The van der Waals surface area contributed by atoms with Crippen LogP contribution in [0.2, 0.25) is 0 Å². The average molecular weight is 253 g/mol. The first kappa shape index (κ1) is 16.0. The summed E-state index contributed by atoms with van der Waals surface area (Å²) < 4.78 is 0. The van der Waals surface area contributed by atoms with Gasteiger partial charge in [-0.3, -0.25) is 0 Å². The maximum Gasteiger partial charge on any atom is -0.00209 e. The molecule has 1 heteroatoms. The van der Waals surface area contributed by atoms with E-state index in [1.165, 1.54) is 38.6 Å². The van der Waals surface area contributed by atoms with Gasteiger partial charge in [-0.05, 0) is 68.4 Å². The fourth-order valence-electron chi connectivity index (χ4n) is 3.55. The topological polar surface area (TPSA) is 12.0 Å². The second-order valence-electron chi connectivity index (χ2n) is 7.93. The minimum absolute atomic E-state index is 0.501. The van der Waals surface area contributed by atoms with E-state index in [-0.39, 0.29) is 0 Å². The van der Waals surface area contributed by atoms with Crippen molar-refractivity contribution in [3.05, 3.63) is 0 Å². The van der Waals surface area contributed by atoms with Gasteiger partial charge in [0.15, 0.2) is 0 Å². The molecule has 1 aliphatic rings. The molecule has 1 rings (SSSR count). The van der Waals surface area contributed by atoms with Crippen molar-refractivity contribution < 1.29 is 0 Å². The summed E-state index contributed by atoms with van der Waals surface area (Å²) in [5.41, 5.74) is 0.501. The van der Waals surface area contributed by atoms with Crippen molar-refractivity contribution in [1.29, 1.82) is 0 Å². The summed E-state index contributed by atoms with van der Waals surface area (Å²) in [6.45, 7) is 13.2. The van der Waals surface area contributed by atoms with Gasteiger partial charge in [-0.1, -0.05) is 41.0 Å². The van der Waals surface area contributed by atoms with Crippen LogP contribution < -0.4 is 5.32 Å². The van der Waals surface area contributed by atoms with Crippen molar-refractivity contribution >= 4 is 0 Å². The minimum atomic E-state index is 0.501. The van der Waals surface area contributed by atoms with Crippen molar-refractivity contribution in [2.45, 2.75) is 66.7 Å². The smallest absolute Gasteiger partial charge is 0.00209 e. The van der Waals surface area contributed by atoms with Gasteiger partial charge in [-0.25, -0.2) is 0 Å². The Kier molecular flexibility index (Phi) is 6.17. The minimum Gasteiger partial charge on any atom is -0.319 e. The van der Waals surface area contributed by atoms with Crippen LogP contribution in [-0.2, 0) is 0 Å². The molecule has 1 fully saturated rings. The van der Waals surface area contributed by atoms with Crippen molar-refractivity contribution in [2.24, 2.45) is 29.1 Å². The molecule has 1 aliphatic carbocycles. The number of rotatable bonds is 5. The third-order valence-corrected chi connectivity index (χ3v) is 4.95. The summed E-state index contributed by atoms with van der Waals surface area (Å²) in [6.07, 6.45) is 7.18. The van der Waals surface area contributed by atoms with E-state index < -0.39 is 0 Å². The van der Waals surface area contributed by atoms with Gasteiger partial charge >= 0.3 is 0 Å². The molecule has 0 radical (unpaired) electrons. The molecule has 108 valence electrons. The molecule has 1 saturated carbocycles. The van der Waals surface area contributed by atoms with Crippen molar-refractivity contribution in [2.75, 3.05) is 13.6 Å². The number of nitrogens with one attached hydrogen (secondary N) is 1. The largest absolute Gasteiger partial charge is 0.319 e. The molecule has 18 heavy (non-hydrogen) atoms. The van der Waals surface area contributed by atoms with E-state index in [0.29, 0.717) is 5.41 Å². The highest BCUT2D eigenvalue weighted by Crippen LogP contribution is 2.44. The maximum absolute atomic E-state index is 3.41. The summed E-state index contributed by atoms with van der Waals surface area (Å²) in [6, 6.07) is 0. The molecular weight excluding hydrogens is 218 g/mol. The van der Waals surface area contributed by atoms with Gasteiger partial charge < -0.3 is 5.32 Å². The Morgan fingerprint density at radius 1 is 1.11 bits per heavy atom. The Balaban J connectivity index is 2.58. The van der Waals surface area contributed by atoms with Crippen LogP contribution in [0, 0.1) is 29.1 Å². The Labute approximate surface area is 115 Å². The monoisotopic (exact) mass is 253 g/mol. The third kappa shape index (κ3) is 4.91. The lowest BCUT2D eigenvalue weighted by atomic mass is 9.64. The Morgan fingerprint density at radius 2 is 1.78 bits per heavy atom. The molecule has 3 atom stereocenters. The Morgan fingerprint density at radius 3 is 2.28 bits per heavy atom. The highest BCUT2D eigenvalue weighted by Gasteiger charge is 2.35. The zero-order valence-electron chi connectivity index (χ0n) is 13.6. The van der Waals surface area contributed by atoms with Crippen LogP contribution in [0.1, 0.15) is 66.7 Å². The molecule has 3 unspecified atom stereocenters. The van der Waals surface area contributed by atoms with Gasteiger partial charge in [-0.15, -0.1) is 0 Å². The van der Waals surface area contributed by atoms with E-state index in [1.807, 2.05) is 0 Å². The summed E-state index contributed by atoms with van der Waals surface area (Å²) in [5, 5.41) is 3.41. The third-order valence-electron chi connectivity index (χ3n) is 4.95. The normalized spacial score (nSPS) is 29.8. The van der Waals surface area contributed by atoms with Crippen molar-refractivity contribution in [1.82, 2.24) is 5.32 Å². The second-order valence-corrected chi connectivity index (χ2v) is 7.93. The highest BCUT2D eigenvalue weighted by atomic mass is 14.8. The SMILES string of the molecule is CNCC1CCC(C(C)(C)C)CC1CCC(C)C.